The third-order valence-electron chi connectivity index (χ3n) is 3.40. The second-order valence-corrected chi connectivity index (χ2v) is 6.59. The molecule has 3 rings (SSSR count). The predicted octanol–water partition coefficient (Wildman–Crippen LogP) is 4.41. The lowest BCUT2D eigenvalue weighted by Crippen LogP contribution is -2.08. The summed E-state index contributed by atoms with van der Waals surface area (Å²) in [5.41, 5.74) is 1.84. The van der Waals surface area contributed by atoms with E-state index in [1.54, 1.807) is 0 Å². The number of benzene rings is 2. The molecule has 2 aromatic carbocycles. The summed E-state index contributed by atoms with van der Waals surface area (Å²) in [4.78, 5) is 8.53. The maximum Gasteiger partial charge on any atom is 0.234 e. The smallest absolute Gasteiger partial charge is 0.234 e. The monoisotopic (exact) mass is 434 g/mol. The summed E-state index contributed by atoms with van der Waals surface area (Å²) in [5, 5.41) is 14.1. The van der Waals surface area contributed by atoms with Gasteiger partial charge in [-0.15, -0.1) is 0 Å². The molecule has 0 atom stereocenters. The maximum atomic E-state index is 9.09. The Morgan fingerprint density at radius 1 is 1.17 bits per heavy atom. The van der Waals surface area contributed by atoms with Gasteiger partial charge in [0.1, 0.15) is 11.9 Å². The molecule has 0 aliphatic heterocycles. The Labute approximate surface area is 152 Å². The van der Waals surface area contributed by atoms with Crippen LogP contribution in [0.1, 0.15) is 11.4 Å². The van der Waals surface area contributed by atoms with Gasteiger partial charge in [0, 0.05) is 20.5 Å². The summed E-state index contributed by atoms with van der Waals surface area (Å²) in [5.74, 6) is 0.844. The Kier molecular flexibility index (Phi) is 4.94. The standard InChI is InChI=1S/C17H12ClIN4/c18-14-4-2-1-3-11(14)7-8-21-17-13-9-12(19)5-6-15(13)22-16(10-20)23-17/h1-6,9H,7-8H2,(H,21,22,23). The Bertz CT molecular complexity index is 905. The molecule has 0 saturated heterocycles. The Morgan fingerprint density at radius 3 is 2.78 bits per heavy atom. The van der Waals surface area contributed by atoms with Gasteiger partial charge >= 0.3 is 0 Å². The number of nitriles is 1. The van der Waals surface area contributed by atoms with Crippen LogP contribution < -0.4 is 5.32 Å². The van der Waals surface area contributed by atoms with Gasteiger partial charge in [0.25, 0.3) is 0 Å². The van der Waals surface area contributed by atoms with Crippen molar-refractivity contribution >= 4 is 50.9 Å². The SMILES string of the molecule is N#Cc1nc(NCCc2ccccc2Cl)c2cc(I)ccc2n1. The molecule has 0 aliphatic carbocycles. The van der Waals surface area contributed by atoms with E-state index in [0.717, 1.165) is 31.5 Å². The zero-order valence-corrected chi connectivity index (χ0v) is 15.0. The highest BCUT2D eigenvalue weighted by molar-refractivity contribution is 14.1. The van der Waals surface area contributed by atoms with Gasteiger partial charge in [-0.05, 0) is 58.8 Å². The van der Waals surface area contributed by atoms with Crippen LogP contribution in [0.3, 0.4) is 0 Å². The van der Waals surface area contributed by atoms with Crippen LogP contribution in [0, 0.1) is 14.9 Å². The Hall–Kier alpha value is -1.91. The number of aromatic nitrogens is 2. The summed E-state index contributed by atoms with van der Waals surface area (Å²) in [6.07, 6.45) is 0.775. The number of nitrogens with zero attached hydrogens (tertiary/aromatic N) is 3. The van der Waals surface area contributed by atoms with E-state index in [4.69, 9.17) is 16.9 Å². The summed E-state index contributed by atoms with van der Waals surface area (Å²) in [6, 6.07) is 15.7. The van der Waals surface area contributed by atoms with Crippen LogP contribution in [-0.2, 0) is 6.42 Å². The number of nitrogens with one attached hydrogen (secondary N) is 1. The average molecular weight is 435 g/mol. The zero-order chi connectivity index (χ0) is 16.2. The van der Waals surface area contributed by atoms with Crippen molar-refractivity contribution in [3.63, 3.8) is 0 Å². The highest BCUT2D eigenvalue weighted by Crippen LogP contribution is 2.23. The molecule has 6 heteroatoms. The second-order valence-electron chi connectivity index (χ2n) is 4.94. The molecule has 114 valence electrons. The van der Waals surface area contributed by atoms with E-state index >= 15 is 0 Å². The lowest BCUT2D eigenvalue weighted by atomic mass is 10.1. The molecule has 0 bridgehead atoms. The Balaban J connectivity index is 1.86. The summed E-state index contributed by atoms with van der Waals surface area (Å²) >= 11 is 8.42. The van der Waals surface area contributed by atoms with E-state index in [2.05, 4.69) is 37.9 Å². The number of hydrogen-bond acceptors (Lipinski definition) is 4. The first kappa shape index (κ1) is 16.0. The fourth-order valence-electron chi connectivity index (χ4n) is 2.30. The van der Waals surface area contributed by atoms with Crippen molar-refractivity contribution < 1.29 is 0 Å². The van der Waals surface area contributed by atoms with Gasteiger partial charge in [0.05, 0.1) is 5.52 Å². The van der Waals surface area contributed by atoms with Crippen LogP contribution in [0.5, 0.6) is 0 Å². The molecule has 4 nitrogen and oxygen atoms in total. The number of anilines is 1. The van der Waals surface area contributed by atoms with Gasteiger partial charge in [-0.2, -0.15) is 5.26 Å². The van der Waals surface area contributed by atoms with Gasteiger partial charge in [-0.1, -0.05) is 29.8 Å². The molecule has 0 fully saturated rings. The molecule has 23 heavy (non-hydrogen) atoms. The Morgan fingerprint density at radius 2 is 2.00 bits per heavy atom. The number of fused-ring (bicyclic) bond motifs is 1. The van der Waals surface area contributed by atoms with E-state index in [9.17, 15) is 0 Å². The van der Waals surface area contributed by atoms with Crippen molar-refractivity contribution in [3.8, 4) is 6.07 Å². The minimum Gasteiger partial charge on any atom is -0.369 e. The van der Waals surface area contributed by atoms with E-state index in [0.29, 0.717) is 12.4 Å². The molecule has 1 heterocycles. The summed E-state index contributed by atoms with van der Waals surface area (Å²) in [7, 11) is 0. The van der Waals surface area contributed by atoms with E-state index in [1.807, 2.05) is 48.5 Å². The topological polar surface area (TPSA) is 61.6 Å². The maximum absolute atomic E-state index is 9.09. The number of rotatable bonds is 4. The minimum absolute atomic E-state index is 0.166. The third-order valence-corrected chi connectivity index (χ3v) is 4.44. The highest BCUT2D eigenvalue weighted by Gasteiger charge is 2.08. The third kappa shape index (κ3) is 3.71. The van der Waals surface area contributed by atoms with Crippen molar-refractivity contribution in [3.05, 3.63) is 62.4 Å². The molecule has 1 N–H and O–H groups in total. The molecule has 0 aliphatic rings. The van der Waals surface area contributed by atoms with Crippen LogP contribution in [-0.4, -0.2) is 16.5 Å². The molecule has 0 amide bonds. The van der Waals surface area contributed by atoms with E-state index in [-0.39, 0.29) is 5.82 Å². The van der Waals surface area contributed by atoms with Crippen LogP contribution in [0.25, 0.3) is 10.9 Å². The van der Waals surface area contributed by atoms with Crippen LogP contribution in [0.4, 0.5) is 5.82 Å². The first-order chi connectivity index (χ1) is 11.2. The van der Waals surface area contributed by atoms with Gasteiger partial charge in [0.15, 0.2) is 0 Å². The summed E-state index contributed by atoms with van der Waals surface area (Å²) < 4.78 is 1.09. The number of hydrogen-bond donors (Lipinski definition) is 1. The van der Waals surface area contributed by atoms with E-state index < -0.39 is 0 Å². The first-order valence-electron chi connectivity index (χ1n) is 7.02. The minimum atomic E-state index is 0.166. The summed E-state index contributed by atoms with van der Waals surface area (Å²) in [6.45, 7) is 0.673. The lowest BCUT2D eigenvalue weighted by molar-refractivity contribution is 1.00. The highest BCUT2D eigenvalue weighted by atomic mass is 127. The van der Waals surface area contributed by atoms with E-state index in [1.165, 1.54) is 0 Å². The van der Waals surface area contributed by atoms with Gasteiger partial charge in [0.2, 0.25) is 5.82 Å². The van der Waals surface area contributed by atoms with Crippen LogP contribution in [0.2, 0.25) is 5.02 Å². The zero-order valence-electron chi connectivity index (χ0n) is 12.1. The average Bonchev–Trinajstić information content (AvgIpc) is 2.56. The molecule has 3 aromatic rings. The second kappa shape index (κ2) is 7.11. The molecular weight excluding hydrogens is 423 g/mol. The number of halogens is 2. The van der Waals surface area contributed by atoms with Crippen molar-refractivity contribution in [1.82, 2.24) is 9.97 Å². The van der Waals surface area contributed by atoms with Crippen LogP contribution in [0.15, 0.2) is 42.5 Å². The van der Waals surface area contributed by atoms with Crippen molar-refractivity contribution in [2.24, 2.45) is 0 Å². The molecule has 1 aromatic heterocycles. The fourth-order valence-corrected chi connectivity index (χ4v) is 3.02. The van der Waals surface area contributed by atoms with Gasteiger partial charge in [-0.3, -0.25) is 0 Å². The van der Waals surface area contributed by atoms with Crippen molar-refractivity contribution in [2.45, 2.75) is 6.42 Å². The van der Waals surface area contributed by atoms with Crippen LogP contribution >= 0.6 is 34.2 Å². The molecule has 0 radical (unpaired) electrons. The molecule has 0 saturated carbocycles. The van der Waals surface area contributed by atoms with Crippen molar-refractivity contribution in [1.29, 1.82) is 5.26 Å². The molecule has 0 spiro atoms. The fraction of sp³-hybridized carbons (Fsp3) is 0.118. The predicted molar refractivity (Wildman–Crippen MR) is 101 cm³/mol. The van der Waals surface area contributed by atoms with Gasteiger partial charge in [-0.25, -0.2) is 9.97 Å². The molecule has 0 unspecified atom stereocenters. The lowest BCUT2D eigenvalue weighted by Gasteiger charge is -2.10. The van der Waals surface area contributed by atoms with Gasteiger partial charge < -0.3 is 5.32 Å². The molecular formula is C17H12ClIN4. The largest absolute Gasteiger partial charge is 0.369 e. The normalized spacial score (nSPS) is 10.5. The first-order valence-corrected chi connectivity index (χ1v) is 8.48. The quantitative estimate of drug-likeness (QED) is 0.618. The van der Waals surface area contributed by atoms with Crippen molar-refractivity contribution in [2.75, 3.05) is 11.9 Å².